The van der Waals surface area contributed by atoms with Crippen LogP contribution in [0.2, 0.25) is 0 Å². The predicted octanol–water partition coefficient (Wildman–Crippen LogP) is 0.548. The van der Waals surface area contributed by atoms with Crippen LogP contribution in [0.15, 0.2) is 0 Å². The van der Waals surface area contributed by atoms with Crippen LogP contribution in [-0.4, -0.2) is 38.1 Å². The van der Waals surface area contributed by atoms with Gasteiger partial charge < -0.3 is 10.2 Å². The number of hydrogen-bond donors (Lipinski definition) is 1. The van der Waals surface area contributed by atoms with Crippen LogP contribution in [0.3, 0.4) is 0 Å². The van der Waals surface area contributed by atoms with E-state index in [2.05, 4.69) is 17.3 Å². The van der Waals surface area contributed by atoms with Gasteiger partial charge in [-0.1, -0.05) is 13.8 Å². The zero-order valence-corrected chi connectivity index (χ0v) is 6.78. The average molecular weight is 130 g/mol. The van der Waals surface area contributed by atoms with Crippen LogP contribution in [0.25, 0.3) is 0 Å². The van der Waals surface area contributed by atoms with E-state index in [1.54, 1.807) is 0 Å². The molecule has 0 aromatic carbocycles. The fourth-order valence-electron chi connectivity index (χ4n) is 0.777. The minimum Gasteiger partial charge on any atom is -0.314 e. The molecular formula is C7H18N2. The summed E-state index contributed by atoms with van der Waals surface area (Å²) in [7, 11) is 2.15. The molecule has 1 rings (SSSR count). The average Bonchev–Trinajstić information content (AvgIpc) is 1.94. The number of likely N-dealkylation sites (N-methyl/N-ethyl adjacent to an activating group) is 1. The summed E-state index contributed by atoms with van der Waals surface area (Å²) in [6.07, 6.45) is 0. The van der Waals surface area contributed by atoms with Gasteiger partial charge in [0, 0.05) is 26.2 Å². The fraction of sp³-hybridized carbons (Fsp3) is 1.00. The van der Waals surface area contributed by atoms with Gasteiger partial charge >= 0.3 is 0 Å². The predicted molar refractivity (Wildman–Crippen MR) is 41.7 cm³/mol. The Morgan fingerprint density at radius 2 is 1.56 bits per heavy atom. The van der Waals surface area contributed by atoms with Crippen LogP contribution >= 0.6 is 0 Å². The lowest BCUT2D eigenvalue weighted by Gasteiger charge is -2.21. The molecular weight excluding hydrogens is 112 g/mol. The highest BCUT2D eigenvalue weighted by Gasteiger charge is 2.01. The third-order valence-corrected chi connectivity index (χ3v) is 1.34. The summed E-state index contributed by atoms with van der Waals surface area (Å²) in [5.41, 5.74) is 0. The molecule has 9 heavy (non-hydrogen) atoms. The van der Waals surface area contributed by atoms with Gasteiger partial charge in [0.1, 0.15) is 0 Å². The Morgan fingerprint density at radius 3 is 1.78 bits per heavy atom. The molecule has 1 fully saturated rings. The molecule has 1 aliphatic rings. The Kier molecular flexibility index (Phi) is 5.99. The first-order valence-electron chi connectivity index (χ1n) is 3.79. The van der Waals surface area contributed by atoms with Gasteiger partial charge in [-0.2, -0.15) is 0 Å². The van der Waals surface area contributed by atoms with Crippen molar-refractivity contribution in [2.24, 2.45) is 0 Å². The van der Waals surface area contributed by atoms with Crippen LogP contribution in [0, 0.1) is 0 Å². The largest absolute Gasteiger partial charge is 0.314 e. The number of piperazine rings is 1. The summed E-state index contributed by atoms with van der Waals surface area (Å²) in [6.45, 7) is 8.74. The smallest absolute Gasteiger partial charge is 0.0104 e. The van der Waals surface area contributed by atoms with Crippen molar-refractivity contribution in [3.8, 4) is 0 Å². The highest BCUT2D eigenvalue weighted by atomic mass is 15.2. The van der Waals surface area contributed by atoms with E-state index < -0.39 is 0 Å². The van der Waals surface area contributed by atoms with Gasteiger partial charge in [0.05, 0.1) is 0 Å². The van der Waals surface area contributed by atoms with Crippen LogP contribution in [-0.2, 0) is 0 Å². The van der Waals surface area contributed by atoms with E-state index in [1.165, 1.54) is 13.1 Å². The number of nitrogens with zero attached hydrogens (tertiary/aromatic N) is 1. The zero-order chi connectivity index (χ0) is 7.11. The van der Waals surface area contributed by atoms with Crippen molar-refractivity contribution < 1.29 is 0 Å². The summed E-state index contributed by atoms with van der Waals surface area (Å²) in [6, 6.07) is 0. The van der Waals surface area contributed by atoms with Crippen molar-refractivity contribution in [2.75, 3.05) is 33.2 Å². The van der Waals surface area contributed by atoms with Crippen molar-refractivity contribution in [2.45, 2.75) is 13.8 Å². The molecule has 1 aliphatic heterocycles. The Hall–Kier alpha value is -0.0800. The minimum absolute atomic E-state index is 1.16. The summed E-state index contributed by atoms with van der Waals surface area (Å²) < 4.78 is 0. The first-order chi connectivity index (χ1) is 4.39. The molecule has 0 atom stereocenters. The minimum atomic E-state index is 1.16. The first-order valence-corrected chi connectivity index (χ1v) is 3.79. The molecule has 1 heterocycles. The van der Waals surface area contributed by atoms with Crippen LogP contribution < -0.4 is 5.32 Å². The molecule has 0 aromatic heterocycles. The van der Waals surface area contributed by atoms with Gasteiger partial charge in [-0.15, -0.1) is 0 Å². The summed E-state index contributed by atoms with van der Waals surface area (Å²) >= 11 is 0. The molecule has 0 amide bonds. The van der Waals surface area contributed by atoms with Crippen molar-refractivity contribution >= 4 is 0 Å². The topological polar surface area (TPSA) is 15.3 Å². The monoisotopic (exact) mass is 130 g/mol. The molecule has 0 saturated carbocycles. The Balaban J connectivity index is 0.000000291. The number of nitrogens with one attached hydrogen (secondary N) is 1. The highest BCUT2D eigenvalue weighted by Crippen LogP contribution is 1.82. The molecule has 2 nitrogen and oxygen atoms in total. The van der Waals surface area contributed by atoms with Crippen molar-refractivity contribution in [3.05, 3.63) is 0 Å². The summed E-state index contributed by atoms with van der Waals surface area (Å²) in [4.78, 5) is 2.33. The molecule has 0 aliphatic carbocycles. The lowest BCUT2D eigenvalue weighted by atomic mass is 10.4. The molecule has 0 bridgehead atoms. The van der Waals surface area contributed by atoms with Gasteiger partial charge in [-0.3, -0.25) is 0 Å². The van der Waals surface area contributed by atoms with E-state index in [9.17, 15) is 0 Å². The number of hydrogen-bond acceptors (Lipinski definition) is 2. The van der Waals surface area contributed by atoms with Gasteiger partial charge in [-0.05, 0) is 7.05 Å². The normalized spacial score (nSPS) is 20.3. The van der Waals surface area contributed by atoms with E-state index in [0.717, 1.165) is 13.1 Å². The van der Waals surface area contributed by atoms with E-state index in [1.807, 2.05) is 13.8 Å². The van der Waals surface area contributed by atoms with Crippen molar-refractivity contribution in [1.82, 2.24) is 10.2 Å². The quantitative estimate of drug-likeness (QED) is 0.515. The maximum atomic E-state index is 3.27. The van der Waals surface area contributed by atoms with Crippen molar-refractivity contribution in [3.63, 3.8) is 0 Å². The third kappa shape index (κ3) is 4.43. The molecule has 2 heteroatoms. The third-order valence-electron chi connectivity index (χ3n) is 1.34. The Bertz CT molecular complexity index is 48.9. The lowest BCUT2D eigenvalue weighted by molar-refractivity contribution is 0.291. The van der Waals surface area contributed by atoms with Crippen molar-refractivity contribution in [1.29, 1.82) is 0 Å². The molecule has 1 N–H and O–H groups in total. The second-order valence-electron chi connectivity index (χ2n) is 2.05. The van der Waals surface area contributed by atoms with Gasteiger partial charge in [0.15, 0.2) is 0 Å². The maximum Gasteiger partial charge on any atom is 0.0104 e. The van der Waals surface area contributed by atoms with Gasteiger partial charge in [0.2, 0.25) is 0 Å². The molecule has 0 aromatic rings. The highest BCUT2D eigenvalue weighted by molar-refractivity contribution is 4.62. The SMILES string of the molecule is CC.CN1CCNCC1. The molecule has 1 saturated heterocycles. The molecule has 0 unspecified atom stereocenters. The van der Waals surface area contributed by atoms with E-state index in [0.29, 0.717) is 0 Å². The van der Waals surface area contributed by atoms with Crippen LogP contribution in [0.1, 0.15) is 13.8 Å². The molecule has 56 valence electrons. The zero-order valence-electron chi connectivity index (χ0n) is 6.78. The van der Waals surface area contributed by atoms with E-state index in [4.69, 9.17) is 0 Å². The summed E-state index contributed by atoms with van der Waals surface area (Å²) in [5, 5.41) is 3.27. The maximum absolute atomic E-state index is 3.27. The lowest BCUT2D eigenvalue weighted by Crippen LogP contribution is -2.40. The Labute approximate surface area is 58.2 Å². The number of rotatable bonds is 0. The first kappa shape index (κ1) is 8.92. The molecule has 0 spiro atoms. The van der Waals surface area contributed by atoms with Gasteiger partial charge in [0.25, 0.3) is 0 Å². The Morgan fingerprint density at radius 1 is 1.11 bits per heavy atom. The fourth-order valence-corrected chi connectivity index (χ4v) is 0.777. The second-order valence-corrected chi connectivity index (χ2v) is 2.05. The standard InChI is InChI=1S/C5H12N2.C2H6/c1-7-4-2-6-3-5-7;1-2/h6H,2-5H2,1H3;1-2H3. The van der Waals surface area contributed by atoms with E-state index in [-0.39, 0.29) is 0 Å². The van der Waals surface area contributed by atoms with Gasteiger partial charge in [-0.25, -0.2) is 0 Å². The van der Waals surface area contributed by atoms with Crippen LogP contribution in [0.4, 0.5) is 0 Å². The second kappa shape index (κ2) is 6.05. The van der Waals surface area contributed by atoms with Crippen LogP contribution in [0.5, 0.6) is 0 Å². The summed E-state index contributed by atoms with van der Waals surface area (Å²) in [5.74, 6) is 0. The molecule has 0 radical (unpaired) electrons. The van der Waals surface area contributed by atoms with E-state index >= 15 is 0 Å².